The summed E-state index contributed by atoms with van der Waals surface area (Å²) in [4.78, 5) is 12.1. The first kappa shape index (κ1) is 17.1. The van der Waals surface area contributed by atoms with E-state index >= 15 is 0 Å². The number of benzene rings is 2. The predicted molar refractivity (Wildman–Crippen MR) is 97.8 cm³/mol. The Morgan fingerprint density at radius 1 is 1.08 bits per heavy atom. The number of sulfonamides is 1. The summed E-state index contributed by atoms with van der Waals surface area (Å²) >= 11 is 0. The second-order valence-corrected chi connectivity index (χ2v) is 7.59. The number of carbonyl (C=O) groups is 1. The van der Waals surface area contributed by atoms with Gasteiger partial charge in [0.2, 0.25) is 10.0 Å². The normalized spacial score (nSPS) is 15.6. The number of hydrogen-bond acceptors (Lipinski definition) is 4. The molecule has 132 valence electrons. The number of nitrogens with zero attached hydrogens (tertiary/aromatic N) is 1. The molecule has 2 aromatic rings. The molecule has 8 heteroatoms. The Morgan fingerprint density at radius 2 is 1.80 bits per heavy atom. The van der Waals surface area contributed by atoms with Gasteiger partial charge in [0, 0.05) is 17.9 Å². The van der Waals surface area contributed by atoms with Gasteiger partial charge in [0.1, 0.15) is 5.75 Å². The van der Waals surface area contributed by atoms with Crippen LogP contribution in [0.2, 0.25) is 0 Å². The van der Waals surface area contributed by atoms with Crippen molar-refractivity contribution in [3.8, 4) is 5.75 Å². The van der Waals surface area contributed by atoms with Gasteiger partial charge in [-0.25, -0.2) is 13.2 Å². The van der Waals surface area contributed by atoms with E-state index in [9.17, 15) is 13.2 Å². The molecular formula is C17H19N3O4S. The van der Waals surface area contributed by atoms with Gasteiger partial charge in [-0.15, -0.1) is 0 Å². The standard InChI is InChI=1S/C17H19N3O4S/c1-24-16-9-8-14(12-15(16)20-10-5-11-25(20,22)23)19-17(21)18-13-6-3-2-4-7-13/h2-4,6-9,12H,5,10-11H2,1H3,(H2,18,19,21). The van der Waals surface area contributed by atoms with Gasteiger partial charge in [-0.2, -0.15) is 0 Å². The molecule has 0 spiro atoms. The number of hydrogen-bond donors (Lipinski definition) is 2. The number of rotatable bonds is 4. The first-order valence-corrected chi connectivity index (χ1v) is 9.42. The van der Waals surface area contributed by atoms with Crippen molar-refractivity contribution in [2.24, 2.45) is 0 Å². The lowest BCUT2D eigenvalue weighted by molar-refractivity contribution is 0.262. The molecule has 0 aromatic heterocycles. The maximum Gasteiger partial charge on any atom is 0.323 e. The van der Waals surface area contributed by atoms with Crippen LogP contribution in [0.5, 0.6) is 5.75 Å². The van der Waals surface area contributed by atoms with E-state index < -0.39 is 16.1 Å². The lowest BCUT2D eigenvalue weighted by Crippen LogP contribution is -2.26. The van der Waals surface area contributed by atoms with Crippen molar-refractivity contribution < 1.29 is 17.9 Å². The summed E-state index contributed by atoms with van der Waals surface area (Å²) in [6, 6.07) is 13.5. The molecule has 1 saturated heterocycles. The Kier molecular flexibility index (Phi) is 4.80. The molecule has 1 heterocycles. The van der Waals surface area contributed by atoms with E-state index in [0.29, 0.717) is 35.8 Å². The summed E-state index contributed by atoms with van der Waals surface area (Å²) in [7, 11) is -1.86. The van der Waals surface area contributed by atoms with Gasteiger partial charge in [0.05, 0.1) is 18.6 Å². The Bertz CT molecular complexity index is 869. The number of carbonyl (C=O) groups excluding carboxylic acids is 1. The van der Waals surface area contributed by atoms with E-state index in [1.807, 2.05) is 18.2 Å². The van der Waals surface area contributed by atoms with Crippen LogP contribution in [-0.2, 0) is 10.0 Å². The summed E-state index contributed by atoms with van der Waals surface area (Å²) in [5.74, 6) is 0.557. The number of anilines is 3. The van der Waals surface area contributed by atoms with Crippen molar-refractivity contribution in [1.82, 2.24) is 0 Å². The number of urea groups is 1. The van der Waals surface area contributed by atoms with Gasteiger partial charge >= 0.3 is 6.03 Å². The number of para-hydroxylation sites is 1. The third-order valence-electron chi connectivity index (χ3n) is 3.84. The van der Waals surface area contributed by atoms with E-state index in [1.165, 1.54) is 11.4 Å². The molecular weight excluding hydrogens is 342 g/mol. The predicted octanol–water partition coefficient (Wildman–Crippen LogP) is 2.88. The van der Waals surface area contributed by atoms with Crippen molar-refractivity contribution in [2.75, 3.05) is 34.3 Å². The van der Waals surface area contributed by atoms with Crippen LogP contribution in [-0.4, -0.2) is 33.9 Å². The van der Waals surface area contributed by atoms with Crippen molar-refractivity contribution in [3.05, 3.63) is 48.5 Å². The largest absolute Gasteiger partial charge is 0.495 e. The van der Waals surface area contributed by atoms with Crippen LogP contribution >= 0.6 is 0 Å². The van der Waals surface area contributed by atoms with Crippen LogP contribution in [0.1, 0.15) is 6.42 Å². The average molecular weight is 361 g/mol. The molecule has 7 nitrogen and oxygen atoms in total. The SMILES string of the molecule is COc1ccc(NC(=O)Nc2ccccc2)cc1N1CCCS1(=O)=O. The average Bonchev–Trinajstić information content (AvgIpc) is 2.94. The van der Waals surface area contributed by atoms with Crippen molar-refractivity contribution in [3.63, 3.8) is 0 Å². The van der Waals surface area contributed by atoms with Gasteiger partial charge in [-0.05, 0) is 36.8 Å². The molecule has 0 bridgehead atoms. The topological polar surface area (TPSA) is 87.7 Å². The molecule has 2 N–H and O–H groups in total. The molecule has 0 unspecified atom stereocenters. The fourth-order valence-electron chi connectivity index (χ4n) is 2.69. The van der Waals surface area contributed by atoms with E-state index in [1.54, 1.807) is 30.3 Å². The number of ether oxygens (including phenoxy) is 1. The Labute approximate surface area is 146 Å². The monoisotopic (exact) mass is 361 g/mol. The smallest absolute Gasteiger partial charge is 0.323 e. The maximum atomic E-state index is 12.2. The summed E-state index contributed by atoms with van der Waals surface area (Å²) < 4.78 is 30.9. The van der Waals surface area contributed by atoms with Crippen LogP contribution in [0.3, 0.4) is 0 Å². The summed E-state index contributed by atoms with van der Waals surface area (Å²) in [6.45, 7) is 0.401. The minimum Gasteiger partial charge on any atom is -0.495 e. The molecule has 1 aliphatic rings. The van der Waals surface area contributed by atoms with Crippen molar-refractivity contribution >= 4 is 33.1 Å². The molecule has 2 amide bonds. The first-order valence-electron chi connectivity index (χ1n) is 7.81. The lowest BCUT2D eigenvalue weighted by Gasteiger charge is -2.20. The van der Waals surface area contributed by atoms with Crippen molar-refractivity contribution in [1.29, 1.82) is 0 Å². The van der Waals surface area contributed by atoms with E-state index in [-0.39, 0.29) is 5.75 Å². The highest BCUT2D eigenvalue weighted by Gasteiger charge is 2.30. The molecule has 3 rings (SSSR count). The second kappa shape index (κ2) is 7.02. The van der Waals surface area contributed by atoms with E-state index in [0.717, 1.165) is 0 Å². The third kappa shape index (κ3) is 3.85. The van der Waals surface area contributed by atoms with Gasteiger partial charge in [-0.3, -0.25) is 4.31 Å². The molecule has 0 saturated carbocycles. The van der Waals surface area contributed by atoms with Crippen LogP contribution in [0, 0.1) is 0 Å². The molecule has 1 aliphatic heterocycles. The van der Waals surface area contributed by atoms with Crippen molar-refractivity contribution in [2.45, 2.75) is 6.42 Å². The molecule has 2 aromatic carbocycles. The van der Waals surface area contributed by atoms with Gasteiger partial charge in [0.25, 0.3) is 0 Å². The number of nitrogens with one attached hydrogen (secondary N) is 2. The Balaban J connectivity index is 1.81. The summed E-state index contributed by atoms with van der Waals surface area (Å²) in [6.07, 6.45) is 0.567. The fourth-order valence-corrected chi connectivity index (χ4v) is 4.25. The fraction of sp³-hybridized carbons (Fsp3) is 0.235. The Morgan fingerprint density at radius 3 is 2.44 bits per heavy atom. The minimum absolute atomic E-state index is 0.113. The highest BCUT2D eigenvalue weighted by atomic mass is 32.2. The molecule has 0 aliphatic carbocycles. The zero-order valence-electron chi connectivity index (χ0n) is 13.7. The van der Waals surface area contributed by atoms with Gasteiger partial charge in [-0.1, -0.05) is 18.2 Å². The van der Waals surface area contributed by atoms with E-state index in [2.05, 4.69) is 10.6 Å². The van der Waals surface area contributed by atoms with Crippen LogP contribution in [0.25, 0.3) is 0 Å². The number of amides is 2. The van der Waals surface area contributed by atoms with E-state index in [4.69, 9.17) is 4.74 Å². The summed E-state index contributed by atoms with van der Waals surface area (Å²) in [5.41, 5.74) is 1.57. The highest BCUT2D eigenvalue weighted by molar-refractivity contribution is 7.93. The quantitative estimate of drug-likeness (QED) is 0.876. The van der Waals surface area contributed by atoms with Crippen LogP contribution in [0.4, 0.5) is 21.9 Å². The van der Waals surface area contributed by atoms with Gasteiger partial charge < -0.3 is 15.4 Å². The third-order valence-corrected chi connectivity index (χ3v) is 5.69. The second-order valence-electron chi connectivity index (χ2n) is 5.57. The molecule has 0 radical (unpaired) electrons. The van der Waals surface area contributed by atoms with Crippen LogP contribution < -0.4 is 19.7 Å². The van der Waals surface area contributed by atoms with Gasteiger partial charge in [0.15, 0.2) is 0 Å². The lowest BCUT2D eigenvalue weighted by atomic mass is 10.2. The number of methoxy groups -OCH3 is 1. The van der Waals surface area contributed by atoms with Crippen LogP contribution in [0.15, 0.2) is 48.5 Å². The molecule has 0 atom stereocenters. The maximum absolute atomic E-state index is 12.2. The first-order chi connectivity index (χ1) is 12.0. The molecule has 1 fully saturated rings. The molecule has 25 heavy (non-hydrogen) atoms. The zero-order chi connectivity index (χ0) is 17.9. The highest BCUT2D eigenvalue weighted by Crippen LogP contribution is 2.35. The zero-order valence-corrected chi connectivity index (χ0v) is 14.5. The minimum atomic E-state index is -3.34. The Hall–Kier alpha value is -2.74. The summed E-state index contributed by atoms with van der Waals surface area (Å²) in [5, 5.41) is 5.42.